The summed E-state index contributed by atoms with van der Waals surface area (Å²) in [4.78, 5) is 18.7. The topological polar surface area (TPSA) is 41.9 Å². The maximum Gasteiger partial charge on any atom is 0.263 e. The third kappa shape index (κ3) is 2.70. The number of amidine groups is 1. The van der Waals surface area contributed by atoms with E-state index in [-0.39, 0.29) is 11.4 Å². The molecular formula is C15H17ClN2O2. The summed E-state index contributed by atoms with van der Waals surface area (Å²) >= 11 is 5.85. The molecule has 1 amide bonds. The van der Waals surface area contributed by atoms with Crippen LogP contribution in [-0.4, -0.2) is 29.3 Å². The zero-order valence-electron chi connectivity index (χ0n) is 12.0. The van der Waals surface area contributed by atoms with Gasteiger partial charge in [-0.1, -0.05) is 28.9 Å². The van der Waals surface area contributed by atoms with Crippen molar-refractivity contribution in [2.75, 3.05) is 7.11 Å². The van der Waals surface area contributed by atoms with Crippen LogP contribution in [-0.2, 0) is 9.63 Å². The van der Waals surface area contributed by atoms with E-state index in [2.05, 4.69) is 5.16 Å². The SMILES string of the molecule is CO/N=C1\C(=C\c2ccc(Cl)cc2)C(=O)N1C(C)(C)C. The highest BCUT2D eigenvalue weighted by atomic mass is 35.5. The van der Waals surface area contributed by atoms with Gasteiger partial charge in [-0.05, 0) is 44.5 Å². The second kappa shape index (κ2) is 5.29. The van der Waals surface area contributed by atoms with Crippen molar-refractivity contribution in [1.29, 1.82) is 0 Å². The molecule has 1 aliphatic rings. The molecule has 1 saturated heterocycles. The van der Waals surface area contributed by atoms with Gasteiger partial charge in [-0.25, -0.2) is 0 Å². The van der Waals surface area contributed by atoms with Crippen LogP contribution >= 0.6 is 11.6 Å². The Morgan fingerprint density at radius 3 is 2.35 bits per heavy atom. The molecule has 0 saturated carbocycles. The van der Waals surface area contributed by atoms with Crippen LogP contribution in [0, 0.1) is 0 Å². The van der Waals surface area contributed by atoms with Crippen molar-refractivity contribution < 1.29 is 9.63 Å². The fourth-order valence-electron chi connectivity index (χ4n) is 2.03. The summed E-state index contributed by atoms with van der Waals surface area (Å²) < 4.78 is 0. The fourth-order valence-corrected chi connectivity index (χ4v) is 2.16. The van der Waals surface area contributed by atoms with E-state index in [1.165, 1.54) is 7.11 Å². The average molecular weight is 293 g/mol. The van der Waals surface area contributed by atoms with Crippen molar-refractivity contribution >= 4 is 29.4 Å². The smallest absolute Gasteiger partial charge is 0.263 e. The predicted molar refractivity (Wildman–Crippen MR) is 80.5 cm³/mol. The first kappa shape index (κ1) is 14.6. The maximum absolute atomic E-state index is 12.3. The van der Waals surface area contributed by atoms with Gasteiger partial charge in [0.25, 0.3) is 5.91 Å². The number of β-lactam (4-membered cyclic amide) rings is 1. The molecule has 0 aromatic heterocycles. The summed E-state index contributed by atoms with van der Waals surface area (Å²) in [5.41, 5.74) is 1.12. The number of benzene rings is 1. The normalized spacial score (nSPS) is 19.4. The first-order valence-corrected chi connectivity index (χ1v) is 6.66. The monoisotopic (exact) mass is 292 g/mol. The van der Waals surface area contributed by atoms with Gasteiger partial charge >= 0.3 is 0 Å². The second-order valence-electron chi connectivity index (χ2n) is 5.52. The van der Waals surface area contributed by atoms with E-state index in [1.807, 2.05) is 32.9 Å². The molecule has 106 valence electrons. The van der Waals surface area contributed by atoms with E-state index in [9.17, 15) is 4.79 Å². The van der Waals surface area contributed by atoms with Gasteiger partial charge in [0, 0.05) is 10.6 Å². The molecule has 1 fully saturated rings. The Morgan fingerprint density at radius 1 is 1.25 bits per heavy atom. The number of hydrogen-bond acceptors (Lipinski definition) is 3. The van der Waals surface area contributed by atoms with Crippen LogP contribution in [0.1, 0.15) is 26.3 Å². The zero-order chi connectivity index (χ0) is 14.9. The largest absolute Gasteiger partial charge is 0.397 e. The van der Waals surface area contributed by atoms with E-state index >= 15 is 0 Å². The molecule has 5 heteroatoms. The minimum absolute atomic E-state index is 0.0525. The van der Waals surface area contributed by atoms with Crippen molar-refractivity contribution in [1.82, 2.24) is 4.90 Å². The quantitative estimate of drug-likeness (QED) is 0.477. The van der Waals surface area contributed by atoms with Crippen molar-refractivity contribution in [2.24, 2.45) is 5.16 Å². The first-order chi connectivity index (χ1) is 9.34. The Balaban J connectivity index is 2.35. The molecule has 1 aliphatic heterocycles. The van der Waals surface area contributed by atoms with E-state index in [4.69, 9.17) is 16.4 Å². The van der Waals surface area contributed by atoms with Gasteiger partial charge in [0.2, 0.25) is 0 Å². The summed E-state index contributed by atoms with van der Waals surface area (Å²) in [5, 5.41) is 4.61. The summed E-state index contributed by atoms with van der Waals surface area (Å²) in [5.74, 6) is 0.503. The third-order valence-electron chi connectivity index (χ3n) is 2.92. The first-order valence-electron chi connectivity index (χ1n) is 6.28. The molecule has 1 aromatic rings. The Labute approximate surface area is 123 Å². The number of hydrogen-bond donors (Lipinski definition) is 0. The lowest BCUT2D eigenvalue weighted by Crippen LogP contribution is -2.60. The van der Waals surface area contributed by atoms with Gasteiger partial charge < -0.3 is 4.84 Å². The number of carbonyl (C=O) groups excluding carboxylic acids is 1. The molecule has 0 N–H and O–H groups in total. The lowest BCUT2D eigenvalue weighted by molar-refractivity contribution is -0.129. The van der Waals surface area contributed by atoms with Gasteiger partial charge in [0.15, 0.2) is 5.84 Å². The molecule has 0 unspecified atom stereocenters. The summed E-state index contributed by atoms with van der Waals surface area (Å²) in [6.45, 7) is 5.86. The second-order valence-corrected chi connectivity index (χ2v) is 5.95. The molecule has 4 nitrogen and oxygen atoms in total. The fraction of sp³-hybridized carbons (Fsp3) is 0.333. The van der Waals surface area contributed by atoms with Gasteiger partial charge in [-0.15, -0.1) is 0 Å². The van der Waals surface area contributed by atoms with Crippen molar-refractivity contribution in [3.05, 3.63) is 40.4 Å². The Morgan fingerprint density at radius 2 is 1.85 bits per heavy atom. The lowest BCUT2D eigenvalue weighted by atomic mass is 9.93. The average Bonchev–Trinajstić information content (AvgIpc) is 2.36. The Bertz CT molecular complexity index is 583. The standard InChI is InChI=1S/C15H17ClN2O2/c1-15(2,3)18-13(17-20-4)12(14(18)19)9-10-5-7-11(16)8-6-10/h5-9H,1-4H3/b12-9-,17-13+. The van der Waals surface area contributed by atoms with Crippen molar-refractivity contribution in [3.8, 4) is 0 Å². The van der Waals surface area contributed by atoms with E-state index in [0.717, 1.165) is 5.56 Å². The highest BCUT2D eigenvalue weighted by Gasteiger charge is 2.45. The van der Waals surface area contributed by atoms with Gasteiger partial charge in [-0.3, -0.25) is 9.69 Å². The number of carbonyl (C=O) groups is 1. The van der Waals surface area contributed by atoms with Crippen LogP contribution in [0.15, 0.2) is 35.0 Å². The van der Waals surface area contributed by atoms with Crippen LogP contribution in [0.2, 0.25) is 5.02 Å². The van der Waals surface area contributed by atoms with Crippen molar-refractivity contribution in [2.45, 2.75) is 26.3 Å². The van der Waals surface area contributed by atoms with E-state index < -0.39 is 0 Å². The molecule has 1 heterocycles. The number of oxime groups is 1. The number of amides is 1. The zero-order valence-corrected chi connectivity index (χ0v) is 12.7. The molecule has 0 spiro atoms. The highest BCUT2D eigenvalue weighted by Crippen LogP contribution is 2.31. The molecule has 0 aliphatic carbocycles. The molecule has 0 atom stereocenters. The lowest BCUT2D eigenvalue weighted by Gasteiger charge is -2.43. The highest BCUT2D eigenvalue weighted by molar-refractivity contribution is 6.38. The van der Waals surface area contributed by atoms with Crippen LogP contribution in [0.5, 0.6) is 0 Å². The van der Waals surface area contributed by atoms with Crippen LogP contribution in [0.3, 0.4) is 0 Å². The predicted octanol–water partition coefficient (Wildman–Crippen LogP) is 3.32. The van der Waals surface area contributed by atoms with Gasteiger partial charge in [-0.2, -0.15) is 0 Å². The summed E-state index contributed by atoms with van der Waals surface area (Å²) in [6.07, 6.45) is 1.79. The van der Waals surface area contributed by atoms with E-state index in [1.54, 1.807) is 23.1 Å². The molecular weight excluding hydrogens is 276 g/mol. The maximum atomic E-state index is 12.3. The number of likely N-dealkylation sites (tertiary alicyclic amines) is 1. The minimum atomic E-state index is -0.328. The van der Waals surface area contributed by atoms with Gasteiger partial charge in [0.05, 0.1) is 5.57 Å². The molecule has 2 rings (SSSR count). The molecule has 0 radical (unpaired) electrons. The third-order valence-corrected chi connectivity index (χ3v) is 3.17. The van der Waals surface area contributed by atoms with Crippen LogP contribution < -0.4 is 0 Å². The Hall–Kier alpha value is -1.81. The van der Waals surface area contributed by atoms with Crippen LogP contribution in [0.25, 0.3) is 6.08 Å². The number of halogens is 1. The van der Waals surface area contributed by atoms with Crippen LogP contribution in [0.4, 0.5) is 0 Å². The molecule has 1 aromatic carbocycles. The summed E-state index contributed by atoms with van der Waals surface area (Å²) in [6, 6.07) is 7.27. The van der Waals surface area contributed by atoms with E-state index in [0.29, 0.717) is 16.4 Å². The Kier molecular flexibility index (Phi) is 3.86. The minimum Gasteiger partial charge on any atom is -0.397 e. The van der Waals surface area contributed by atoms with Crippen molar-refractivity contribution in [3.63, 3.8) is 0 Å². The molecule has 20 heavy (non-hydrogen) atoms. The summed E-state index contributed by atoms with van der Waals surface area (Å²) in [7, 11) is 1.47. The number of nitrogens with zero attached hydrogens (tertiary/aromatic N) is 2. The number of rotatable bonds is 2. The molecule has 0 bridgehead atoms. The van der Waals surface area contributed by atoms with Gasteiger partial charge in [0.1, 0.15) is 7.11 Å².